The molecule has 1 aromatic heterocycles. The standard InChI is InChI=1S/C55H35NO/c1-2-16-36(17-3-1)39-18-9-14-28-52(39)56(38-31-33-54-47(35-38)45-24-10-15-29-53(45)57-54)37-30-32-51-46(34-37)41-20-5-4-19-40(41)42-21-6-11-25-48(42)55(51)49-26-12-7-22-43(49)44-23-8-13-27-50(44)55/h1-35H. The van der Waals surface area contributed by atoms with Gasteiger partial charge in [-0.1, -0.05) is 170 Å². The zero-order chi connectivity index (χ0) is 37.5. The van der Waals surface area contributed by atoms with Crippen LogP contribution in [0.2, 0.25) is 0 Å². The summed E-state index contributed by atoms with van der Waals surface area (Å²) in [6.07, 6.45) is 0. The maximum Gasteiger partial charge on any atom is 0.135 e. The van der Waals surface area contributed by atoms with Crippen molar-refractivity contribution in [2.75, 3.05) is 4.90 Å². The van der Waals surface area contributed by atoms with Crippen LogP contribution in [0.1, 0.15) is 22.3 Å². The van der Waals surface area contributed by atoms with Gasteiger partial charge < -0.3 is 9.32 Å². The van der Waals surface area contributed by atoms with Gasteiger partial charge in [0.05, 0.1) is 11.1 Å². The lowest BCUT2D eigenvalue weighted by Crippen LogP contribution is -2.29. The number of fused-ring (bicyclic) bond motifs is 15. The van der Waals surface area contributed by atoms with E-state index in [1.54, 1.807) is 0 Å². The lowest BCUT2D eigenvalue weighted by atomic mass is 9.66. The molecular formula is C55H35NO. The molecule has 0 fully saturated rings. The number of benzene rings is 9. The second-order valence-electron chi connectivity index (χ2n) is 15.2. The van der Waals surface area contributed by atoms with Crippen LogP contribution in [0.3, 0.4) is 0 Å². The maximum absolute atomic E-state index is 6.34. The summed E-state index contributed by atoms with van der Waals surface area (Å²) in [7, 11) is 0. The highest BCUT2D eigenvalue weighted by atomic mass is 16.3. The van der Waals surface area contributed by atoms with Crippen molar-refractivity contribution in [2.45, 2.75) is 5.41 Å². The van der Waals surface area contributed by atoms with E-state index in [4.69, 9.17) is 4.42 Å². The zero-order valence-electron chi connectivity index (χ0n) is 31.1. The minimum Gasteiger partial charge on any atom is -0.456 e. The summed E-state index contributed by atoms with van der Waals surface area (Å²) in [6.45, 7) is 0. The number of anilines is 3. The van der Waals surface area contributed by atoms with Crippen molar-refractivity contribution in [2.24, 2.45) is 0 Å². The van der Waals surface area contributed by atoms with Crippen molar-refractivity contribution in [3.8, 4) is 44.5 Å². The third-order valence-electron chi connectivity index (χ3n) is 12.3. The van der Waals surface area contributed by atoms with Crippen molar-refractivity contribution >= 4 is 39.0 Å². The van der Waals surface area contributed by atoms with E-state index in [9.17, 15) is 0 Å². The van der Waals surface area contributed by atoms with Crippen LogP contribution in [0.25, 0.3) is 66.4 Å². The van der Waals surface area contributed by atoms with Gasteiger partial charge in [0.25, 0.3) is 0 Å². The van der Waals surface area contributed by atoms with Crippen LogP contribution in [-0.4, -0.2) is 0 Å². The smallest absolute Gasteiger partial charge is 0.135 e. The molecule has 0 unspecified atom stereocenters. The van der Waals surface area contributed by atoms with Crippen LogP contribution in [-0.2, 0) is 5.41 Å². The van der Waals surface area contributed by atoms with Crippen LogP contribution in [0.5, 0.6) is 0 Å². The Bertz CT molecular complexity index is 3160. The molecule has 57 heavy (non-hydrogen) atoms. The monoisotopic (exact) mass is 725 g/mol. The summed E-state index contributed by atoms with van der Waals surface area (Å²) in [5, 5.41) is 2.21. The van der Waals surface area contributed by atoms with Crippen LogP contribution in [0.4, 0.5) is 17.1 Å². The summed E-state index contributed by atoms with van der Waals surface area (Å²) >= 11 is 0. The first-order chi connectivity index (χ1) is 28.3. The summed E-state index contributed by atoms with van der Waals surface area (Å²) in [5.74, 6) is 0. The molecule has 2 aliphatic carbocycles. The molecule has 0 aliphatic heterocycles. The topological polar surface area (TPSA) is 16.4 Å². The Hall–Kier alpha value is -7.42. The SMILES string of the molecule is c1ccc(-c2ccccc2N(c2ccc3c(c2)-c2ccccc2-c2ccccc2C32c3ccccc3-c3ccccc32)c2ccc3oc4ccccc4c3c2)cc1. The fourth-order valence-corrected chi connectivity index (χ4v) is 9.99. The Morgan fingerprint density at radius 1 is 0.316 bits per heavy atom. The van der Waals surface area contributed by atoms with Gasteiger partial charge in [0.2, 0.25) is 0 Å². The van der Waals surface area contributed by atoms with Gasteiger partial charge in [0.15, 0.2) is 0 Å². The highest BCUT2D eigenvalue weighted by molar-refractivity contribution is 6.07. The predicted octanol–water partition coefficient (Wildman–Crippen LogP) is 14.7. The molecule has 9 aromatic carbocycles. The molecule has 1 heterocycles. The Morgan fingerprint density at radius 2 is 0.789 bits per heavy atom. The van der Waals surface area contributed by atoms with E-state index in [0.717, 1.165) is 44.6 Å². The fraction of sp³-hybridized carbons (Fsp3) is 0.0182. The Balaban J connectivity index is 1.19. The third kappa shape index (κ3) is 4.53. The lowest BCUT2D eigenvalue weighted by molar-refractivity contribution is 0.669. The molecule has 0 amide bonds. The molecule has 266 valence electrons. The normalized spacial score (nSPS) is 13.1. The molecule has 0 atom stereocenters. The third-order valence-corrected chi connectivity index (χ3v) is 12.3. The lowest BCUT2D eigenvalue weighted by Gasteiger charge is -2.36. The van der Waals surface area contributed by atoms with Crippen molar-refractivity contribution < 1.29 is 4.42 Å². The molecule has 10 aromatic rings. The number of nitrogens with zero attached hydrogens (tertiary/aromatic N) is 1. The number of rotatable bonds is 4. The summed E-state index contributed by atoms with van der Waals surface area (Å²) in [6, 6.07) is 77.8. The van der Waals surface area contributed by atoms with E-state index >= 15 is 0 Å². The molecular weight excluding hydrogens is 691 g/mol. The van der Waals surface area contributed by atoms with Gasteiger partial charge in [0.1, 0.15) is 11.2 Å². The first kappa shape index (κ1) is 31.9. The minimum absolute atomic E-state index is 0.530. The van der Waals surface area contributed by atoms with Crippen LogP contribution < -0.4 is 4.90 Å². The Morgan fingerprint density at radius 3 is 1.49 bits per heavy atom. The Kier molecular flexibility index (Phi) is 6.88. The van der Waals surface area contributed by atoms with E-state index < -0.39 is 5.41 Å². The zero-order valence-corrected chi connectivity index (χ0v) is 31.1. The average Bonchev–Trinajstić information content (AvgIpc) is 3.77. The molecule has 0 saturated heterocycles. The van der Waals surface area contributed by atoms with Gasteiger partial charge in [0, 0.05) is 27.7 Å². The number of hydrogen-bond acceptors (Lipinski definition) is 2. The molecule has 12 rings (SSSR count). The number of hydrogen-bond donors (Lipinski definition) is 0. The van der Waals surface area contributed by atoms with E-state index in [1.807, 2.05) is 6.07 Å². The summed E-state index contributed by atoms with van der Waals surface area (Å²) < 4.78 is 6.34. The van der Waals surface area contributed by atoms with E-state index in [-0.39, 0.29) is 0 Å². The fourth-order valence-electron chi connectivity index (χ4n) is 9.99. The summed E-state index contributed by atoms with van der Waals surface area (Å²) in [5.41, 5.74) is 19.6. The quantitative estimate of drug-likeness (QED) is 0.180. The second-order valence-corrected chi connectivity index (χ2v) is 15.2. The summed E-state index contributed by atoms with van der Waals surface area (Å²) in [4.78, 5) is 2.44. The van der Waals surface area contributed by atoms with Gasteiger partial charge in [-0.2, -0.15) is 0 Å². The van der Waals surface area contributed by atoms with Crippen molar-refractivity contribution in [1.29, 1.82) is 0 Å². The van der Waals surface area contributed by atoms with Gasteiger partial charge in [-0.05, 0) is 104 Å². The molecule has 0 radical (unpaired) electrons. The number of furan rings is 1. The molecule has 1 spiro atoms. The molecule has 2 nitrogen and oxygen atoms in total. The van der Waals surface area contributed by atoms with Gasteiger partial charge in [-0.25, -0.2) is 0 Å². The predicted molar refractivity (Wildman–Crippen MR) is 236 cm³/mol. The van der Waals surface area contributed by atoms with Gasteiger partial charge in [-0.15, -0.1) is 0 Å². The van der Waals surface area contributed by atoms with Gasteiger partial charge >= 0.3 is 0 Å². The second kappa shape index (κ2) is 12.3. The molecule has 0 N–H and O–H groups in total. The van der Waals surface area contributed by atoms with E-state index in [0.29, 0.717) is 0 Å². The molecule has 2 heteroatoms. The first-order valence-corrected chi connectivity index (χ1v) is 19.7. The molecule has 0 saturated carbocycles. The Labute approximate surface area is 331 Å². The van der Waals surface area contributed by atoms with Gasteiger partial charge in [-0.3, -0.25) is 0 Å². The van der Waals surface area contributed by atoms with Crippen molar-refractivity contribution in [3.63, 3.8) is 0 Å². The maximum atomic E-state index is 6.34. The highest BCUT2D eigenvalue weighted by Crippen LogP contribution is 2.62. The largest absolute Gasteiger partial charge is 0.456 e. The van der Waals surface area contributed by atoms with Crippen LogP contribution in [0.15, 0.2) is 217 Å². The minimum atomic E-state index is -0.530. The van der Waals surface area contributed by atoms with Crippen LogP contribution >= 0.6 is 0 Å². The van der Waals surface area contributed by atoms with E-state index in [1.165, 1.54) is 61.2 Å². The number of para-hydroxylation sites is 2. The molecule has 0 bridgehead atoms. The van der Waals surface area contributed by atoms with Crippen molar-refractivity contribution in [3.05, 3.63) is 235 Å². The highest BCUT2D eigenvalue weighted by Gasteiger charge is 2.49. The molecule has 2 aliphatic rings. The van der Waals surface area contributed by atoms with E-state index in [2.05, 4.69) is 211 Å². The first-order valence-electron chi connectivity index (χ1n) is 19.7. The van der Waals surface area contributed by atoms with Crippen molar-refractivity contribution in [1.82, 2.24) is 0 Å². The average molecular weight is 726 g/mol. The van der Waals surface area contributed by atoms with Crippen LogP contribution in [0, 0.1) is 0 Å².